The van der Waals surface area contributed by atoms with Crippen molar-refractivity contribution in [2.45, 2.75) is 12.4 Å². The topological polar surface area (TPSA) is 50.7 Å². The van der Waals surface area contributed by atoms with Crippen LogP contribution in [0.4, 0.5) is 43.4 Å². The van der Waals surface area contributed by atoms with Crippen molar-refractivity contribution in [3.8, 4) is 11.1 Å². The highest BCUT2D eigenvalue weighted by atomic mass is 19.4. The molecule has 0 aliphatic carbocycles. The number of benzene rings is 3. The number of nitrogens with two attached hydrogens (primary N) is 1. The molecule has 2 N–H and O–H groups in total. The standard InChI is InChI=1S/C20H13F6N3/c21-19(22,23)16-11-14(29-28-13-4-2-1-3-5-13)7-8-15(16)12-6-9-18(27)17(10-12)20(24,25)26/h1-11H,27H2. The Morgan fingerprint density at radius 3 is 1.86 bits per heavy atom. The molecule has 0 aliphatic rings. The number of nitrogens with zero attached hydrogens (tertiary/aromatic N) is 2. The Kier molecular flexibility index (Phi) is 5.32. The molecule has 0 aliphatic heterocycles. The van der Waals surface area contributed by atoms with Gasteiger partial charge in [0.25, 0.3) is 0 Å². The van der Waals surface area contributed by atoms with Crippen LogP contribution in [0.1, 0.15) is 11.1 Å². The molecule has 0 aromatic heterocycles. The van der Waals surface area contributed by atoms with Crippen LogP contribution in [-0.4, -0.2) is 0 Å². The molecule has 9 heteroatoms. The number of azo groups is 1. The molecule has 0 bridgehead atoms. The molecule has 0 fully saturated rings. The van der Waals surface area contributed by atoms with E-state index in [1.54, 1.807) is 30.3 Å². The predicted molar refractivity (Wildman–Crippen MR) is 96.9 cm³/mol. The minimum Gasteiger partial charge on any atom is -0.398 e. The highest BCUT2D eigenvalue weighted by Gasteiger charge is 2.36. The summed E-state index contributed by atoms with van der Waals surface area (Å²) in [6, 6.07) is 14.1. The number of nitrogen functional groups attached to an aromatic ring is 1. The first-order valence-electron chi connectivity index (χ1n) is 8.21. The average Bonchev–Trinajstić information content (AvgIpc) is 2.66. The highest BCUT2D eigenvalue weighted by Crippen LogP contribution is 2.42. The fourth-order valence-electron chi connectivity index (χ4n) is 2.66. The summed E-state index contributed by atoms with van der Waals surface area (Å²) in [5, 5.41) is 7.63. The third-order valence-corrected chi connectivity index (χ3v) is 4.02. The third-order valence-electron chi connectivity index (χ3n) is 4.02. The van der Waals surface area contributed by atoms with Crippen molar-refractivity contribution in [2.75, 3.05) is 5.73 Å². The van der Waals surface area contributed by atoms with Gasteiger partial charge in [-0.25, -0.2) is 0 Å². The third kappa shape index (κ3) is 4.74. The summed E-state index contributed by atoms with van der Waals surface area (Å²) in [7, 11) is 0. The maximum atomic E-state index is 13.6. The fourth-order valence-corrected chi connectivity index (χ4v) is 2.66. The molecular formula is C20H13F6N3. The van der Waals surface area contributed by atoms with Crippen molar-refractivity contribution in [1.29, 1.82) is 0 Å². The molecule has 0 spiro atoms. The molecule has 0 saturated heterocycles. The van der Waals surface area contributed by atoms with Crippen LogP contribution in [0, 0.1) is 0 Å². The van der Waals surface area contributed by atoms with Crippen LogP contribution in [-0.2, 0) is 12.4 Å². The number of rotatable bonds is 3. The molecule has 3 aromatic carbocycles. The second-order valence-electron chi connectivity index (χ2n) is 6.06. The molecule has 3 aromatic rings. The van der Waals surface area contributed by atoms with E-state index in [9.17, 15) is 26.3 Å². The zero-order valence-corrected chi connectivity index (χ0v) is 14.6. The van der Waals surface area contributed by atoms with Crippen LogP contribution in [0.15, 0.2) is 77.0 Å². The van der Waals surface area contributed by atoms with E-state index >= 15 is 0 Å². The minimum absolute atomic E-state index is 0.0867. The van der Waals surface area contributed by atoms with Crippen molar-refractivity contribution in [1.82, 2.24) is 0 Å². The molecule has 0 heterocycles. The van der Waals surface area contributed by atoms with Gasteiger partial charge in [-0.2, -0.15) is 36.6 Å². The smallest absolute Gasteiger partial charge is 0.398 e. The van der Waals surface area contributed by atoms with E-state index in [0.29, 0.717) is 11.8 Å². The van der Waals surface area contributed by atoms with Gasteiger partial charge in [0, 0.05) is 5.69 Å². The summed E-state index contributed by atoms with van der Waals surface area (Å²) in [6.07, 6.45) is -9.60. The lowest BCUT2D eigenvalue weighted by molar-refractivity contribution is -0.137. The maximum Gasteiger partial charge on any atom is 0.418 e. The van der Waals surface area contributed by atoms with Gasteiger partial charge >= 0.3 is 12.4 Å². The average molecular weight is 409 g/mol. The lowest BCUT2D eigenvalue weighted by atomic mass is 9.96. The summed E-state index contributed by atoms with van der Waals surface area (Å²) in [5.74, 6) is 0. The molecule has 0 radical (unpaired) electrons. The summed E-state index contributed by atoms with van der Waals surface area (Å²) >= 11 is 0. The van der Waals surface area contributed by atoms with Gasteiger partial charge in [-0.15, -0.1) is 0 Å². The van der Waals surface area contributed by atoms with Gasteiger partial charge in [-0.3, -0.25) is 0 Å². The van der Waals surface area contributed by atoms with Crippen LogP contribution in [0.25, 0.3) is 11.1 Å². The molecule has 3 nitrogen and oxygen atoms in total. The van der Waals surface area contributed by atoms with Crippen LogP contribution >= 0.6 is 0 Å². The van der Waals surface area contributed by atoms with E-state index in [1.165, 1.54) is 6.07 Å². The summed E-state index contributed by atoms with van der Waals surface area (Å²) in [6.45, 7) is 0. The van der Waals surface area contributed by atoms with Crippen LogP contribution in [0.3, 0.4) is 0 Å². The highest BCUT2D eigenvalue weighted by molar-refractivity contribution is 5.73. The van der Waals surface area contributed by atoms with Crippen molar-refractivity contribution in [3.63, 3.8) is 0 Å². The Bertz CT molecular complexity index is 1040. The maximum absolute atomic E-state index is 13.6. The largest absolute Gasteiger partial charge is 0.418 e. The zero-order chi connectivity index (χ0) is 21.2. The van der Waals surface area contributed by atoms with Crippen molar-refractivity contribution >= 4 is 17.1 Å². The first-order valence-corrected chi connectivity index (χ1v) is 8.21. The number of hydrogen-bond donors (Lipinski definition) is 1. The van der Waals surface area contributed by atoms with E-state index in [4.69, 9.17) is 5.73 Å². The van der Waals surface area contributed by atoms with Gasteiger partial charge in [-0.1, -0.05) is 30.3 Å². The molecular weight excluding hydrogens is 396 g/mol. The van der Waals surface area contributed by atoms with E-state index < -0.39 is 34.7 Å². The van der Waals surface area contributed by atoms with Crippen LogP contribution < -0.4 is 5.73 Å². The first-order chi connectivity index (χ1) is 13.6. The molecule has 0 unspecified atom stereocenters. The van der Waals surface area contributed by atoms with Gasteiger partial charge < -0.3 is 5.73 Å². The Balaban J connectivity index is 2.07. The number of anilines is 1. The molecule has 150 valence electrons. The predicted octanol–water partition coefficient (Wildman–Crippen LogP) is 7.39. The van der Waals surface area contributed by atoms with Crippen molar-refractivity contribution < 1.29 is 26.3 Å². The van der Waals surface area contributed by atoms with Gasteiger partial charge in [0.2, 0.25) is 0 Å². The van der Waals surface area contributed by atoms with Gasteiger partial charge in [0.1, 0.15) is 0 Å². The quantitative estimate of drug-likeness (QED) is 0.274. The van der Waals surface area contributed by atoms with Crippen LogP contribution in [0.2, 0.25) is 0 Å². The number of halogens is 6. The van der Waals surface area contributed by atoms with E-state index in [0.717, 1.165) is 24.3 Å². The summed E-state index contributed by atoms with van der Waals surface area (Å²) in [5.41, 5.74) is 2.12. The lowest BCUT2D eigenvalue weighted by Crippen LogP contribution is -2.10. The molecule has 3 rings (SSSR count). The van der Waals surface area contributed by atoms with E-state index in [1.807, 2.05) is 0 Å². The Morgan fingerprint density at radius 1 is 0.621 bits per heavy atom. The SMILES string of the molecule is Nc1ccc(-c2ccc(N=Nc3ccccc3)cc2C(F)(F)F)cc1C(F)(F)F. The molecule has 0 amide bonds. The van der Waals surface area contributed by atoms with Crippen molar-refractivity contribution in [3.05, 3.63) is 77.9 Å². The lowest BCUT2D eigenvalue weighted by Gasteiger charge is -2.16. The second kappa shape index (κ2) is 7.57. The minimum atomic E-state index is -4.81. The molecule has 0 atom stereocenters. The van der Waals surface area contributed by atoms with E-state index in [-0.39, 0.29) is 11.3 Å². The Labute approximate surface area is 161 Å². The fraction of sp³-hybridized carbons (Fsp3) is 0.100. The summed E-state index contributed by atoms with van der Waals surface area (Å²) < 4.78 is 79.9. The number of hydrogen-bond acceptors (Lipinski definition) is 3. The first kappa shape index (κ1) is 20.4. The van der Waals surface area contributed by atoms with Gasteiger partial charge in [0.05, 0.1) is 22.5 Å². The Hall–Kier alpha value is -3.36. The van der Waals surface area contributed by atoms with Gasteiger partial charge in [0.15, 0.2) is 0 Å². The van der Waals surface area contributed by atoms with E-state index in [2.05, 4.69) is 10.2 Å². The number of alkyl halides is 6. The monoisotopic (exact) mass is 409 g/mol. The Morgan fingerprint density at radius 2 is 1.24 bits per heavy atom. The molecule has 0 saturated carbocycles. The van der Waals surface area contributed by atoms with Gasteiger partial charge in [-0.05, 0) is 47.5 Å². The second-order valence-corrected chi connectivity index (χ2v) is 6.06. The normalized spacial score (nSPS) is 12.5. The zero-order valence-electron chi connectivity index (χ0n) is 14.6. The van der Waals surface area contributed by atoms with Crippen molar-refractivity contribution in [2.24, 2.45) is 10.2 Å². The molecule has 29 heavy (non-hydrogen) atoms. The van der Waals surface area contributed by atoms with Crippen LogP contribution in [0.5, 0.6) is 0 Å². The summed E-state index contributed by atoms with van der Waals surface area (Å²) in [4.78, 5) is 0.